The van der Waals surface area contributed by atoms with Crippen molar-refractivity contribution in [2.75, 3.05) is 44.2 Å². The molecular weight excluding hydrogens is 354 g/mol. The minimum absolute atomic E-state index is 0.00902. The third-order valence-corrected chi connectivity index (χ3v) is 5.41. The van der Waals surface area contributed by atoms with E-state index >= 15 is 0 Å². The summed E-state index contributed by atoms with van der Waals surface area (Å²) < 4.78 is 5.17. The quantitative estimate of drug-likeness (QED) is 0.601. The molecule has 1 aromatic carbocycles. The van der Waals surface area contributed by atoms with E-state index in [1.165, 1.54) is 31.3 Å². The number of allylic oxidation sites excluding steroid dienone is 1. The SMILES string of the molecule is CCOC(=O)c1ccccc1N1CCN(C(=O)NCCC2=CCCCC2)CC1. The molecule has 6 nitrogen and oxygen atoms in total. The van der Waals surface area contributed by atoms with E-state index in [0.29, 0.717) is 44.9 Å². The number of nitrogens with one attached hydrogen (secondary N) is 1. The first kappa shape index (κ1) is 20.2. The Kier molecular flexibility index (Phi) is 7.34. The molecule has 28 heavy (non-hydrogen) atoms. The summed E-state index contributed by atoms with van der Waals surface area (Å²) in [4.78, 5) is 28.7. The topological polar surface area (TPSA) is 61.9 Å². The lowest BCUT2D eigenvalue weighted by Gasteiger charge is -2.36. The molecule has 152 valence electrons. The smallest absolute Gasteiger partial charge is 0.340 e. The number of para-hydroxylation sites is 1. The maximum absolute atomic E-state index is 12.4. The Bertz CT molecular complexity index is 709. The zero-order valence-corrected chi connectivity index (χ0v) is 16.8. The van der Waals surface area contributed by atoms with Crippen LogP contribution in [0.4, 0.5) is 10.5 Å². The maximum atomic E-state index is 12.4. The fraction of sp³-hybridized carbons (Fsp3) is 0.545. The molecule has 1 aliphatic carbocycles. The van der Waals surface area contributed by atoms with E-state index in [0.717, 1.165) is 12.1 Å². The van der Waals surface area contributed by atoms with E-state index in [-0.39, 0.29) is 12.0 Å². The van der Waals surface area contributed by atoms with Crippen LogP contribution in [0.15, 0.2) is 35.9 Å². The Labute approximate surface area is 167 Å². The summed E-state index contributed by atoms with van der Waals surface area (Å²) in [5.74, 6) is -0.296. The second kappa shape index (κ2) is 10.2. The van der Waals surface area contributed by atoms with Gasteiger partial charge in [0, 0.05) is 32.7 Å². The van der Waals surface area contributed by atoms with Crippen molar-refractivity contribution in [3.8, 4) is 0 Å². The van der Waals surface area contributed by atoms with E-state index in [2.05, 4.69) is 16.3 Å². The summed E-state index contributed by atoms with van der Waals surface area (Å²) in [6.45, 7) is 5.57. The monoisotopic (exact) mass is 385 g/mol. The minimum atomic E-state index is -0.296. The lowest BCUT2D eigenvalue weighted by Crippen LogP contribution is -2.52. The van der Waals surface area contributed by atoms with Crippen molar-refractivity contribution < 1.29 is 14.3 Å². The molecule has 0 atom stereocenters. The predicted molar refractivity (Wildman–Crippen MR) is 111 cm³/mol. The maximum Gasteiger partial charge on any atom is 0.340 e. The standard InChI is InChI=1S/C22H31N3O3/c1-2-28-21(26)19-10-6-7-11-20(19)24-14-16-25(17-15-24)22(27)23-13-12-18-8-4-3-5-9-18/h6-8,10-11H,2-5,9,12-17H2,1H3,(H,23,27). The number of rotatable bonds is 6. The van der Waals surface area contributed by atoms with Crippen LogP contribution in [0.1, 0.15) is 49.4 Å². The van der Waals surface area contributed by atoms with Gasteiger partial charge in [-0.3, -0.25) is 0 Å². The highest BCUT2D eigenvalue weighted by Gasteiger charge is 2.24. The number of anilines is 1. The number of benzene rings is 1. The molecule has 0 unspecified atom stereocenters. The number of piperazine rings is 1. The predicted octanol–water partition coefficient (Wildman–Crippen LogP) is 3.59. The molecular formula is C22H31N3O3. The van der Waals surface area contributed by atoms with Crippen LogP contribution in [-0.4, -0.2) is 56.2 Å². The van der Waals surface area contributed by atoms with Crippen LogP contribution < -0.4 is 10.2 Å². The Balaban J connectivity index is 1.48. The molecule has 3 rings (SSSR count). The number of urea groups is 1. The van der Waals surface area contributed by atoms with Gasteiger partial charge in [-0.05, 0) is 51.2 Å². The van der Waals surface area contributed by atoms with E-state index in [4.69, 9.17) is 4.74 Å². The van der Waals surface area contributed by atoms with Crippen LogP contribution in [0.2, 0.25) is 0 Å². The first-order valence-corrected chi connectivity index (χ1v) is 10.4. The highest BCUT2D eigenvalue weighted by Crippen LogP contribution is 2.23. The molecule has 0 saturated carbocycles. The molecule has 1 aliphatic heterocycles. The van der Waals surface area contributed by atoms with Crippen LogP contribution in [-0.2, 0) is 4.74 Å². The zero-order chi connectivity index (χ0) is 19.8. The van der Waals surface area contributed by atoms with Crippen LogP contribution in [0.3, 0.4) is 0 Å². The number of nitrogens with zero attached hydrogens (tertiary/aromatic N) is 2. The van der Waals surface area contributed by atoms with E-state index < -0.39 is 0 Å². The molecule has 2 amide bonds. The largest absolute Gasteiger partial charge is 0.462 e. The highest BCUT2D eigenvalue weighted by atomic mass is 16.5. The molecule has 0 radical (unpaired) electrons. The van der Waals surface area contributed by atoms with Crippen LogP contribution >= 0.6 is 0 Å². The number of hydrogen-bond acceptors (Lipinski definition) is 4. The first-order chi connectivity index (χ1) is 13.7. The minimum Gasteiger partial charge on any atom is -0.462 e. The number of esters is 1. The summed E-state index contributed by atoms with van der Waals surface area (Å²) in [5, 5.41) is 3.05. The third-order valence-electron chi connectivity index (χ3n) is 5.41. The summed E-state index contributed by atoms with van der Waals surface area (Å²) >= 11 is 0. The molecule has 0 bridgehead atoms. The Morgan fingerprint density at radius 3 is 2.61 bits per heavy atom. The molecule has 1 heterocycles. The second-order valence-corrected chi connectivity index (χ2v) is 7.30. The van der Waals surface area contributed by atoms with Crippen LogP contribution in [0.25, 0.3) is 0 Å². The van der Waals surface area contributed by atoms with Crippen molar-refractivity contribution in [1.82, 2.24) is 10.2 Å². The molecule has 2 aliphatic rings. The molecule has 1 saturated heterocycles. The van der Waals surface area contributed by atoms with Crippen molar-refractivity contribution in [3.63, 3.8) is 0 Å². The Morgan fingerprint density at radius 2 is 1.89 bits per heavy atom. The number of amides is 2. The fourth-order valence-electron chi connectivity index (χ4n) is 3.85. The molecule has 6 heteroatoms. The van der Waals surface area contributed by atoms with Gasteiger partial charge in [0.25, 0.3) is 0 Å². The van der Waals surface area contributed by atoms with Gasteiger partial charge in [-0.25, -0.2) is 9.59 Å². The number of ether oxygens (including phenoxy) is 1. The van der Waals surface area contributed by atoms with E-state index in [1.807, 2.05) is 30.0 Å². The first-order valence-electron chi connectivity index (χ1n) is 10.4. The van der Waals surface area contributed by atoms with Crippen molar-refractivity contribution in [2.24, 2.45) is 0 Å². The molecule has 1 fully saturated rings. The summed E-state index contributed by atoms with van der Waals surface area (Å²) in [6.07, 6.45) is 8.20. The van der Waals surface area contributed by atoms with Gasteiger partial charge >= 0.3 is 12.0 Å². The average Bonchev–Trinajstić information content (AvgIpc) is 2.75. The van der Waals surface area contributed by atoms with Gasteiger partial charge in [0.2, 0.25) is 0 Å². The summed E-state index contributed by atoms with van der Waals surface area (Å²) in [6, 6.07) is 7.53. The molecule has 0 spiro atoms. The van der Waals surface area contributed by atoms with Crippen LogP contribution in [0, 0.1) is 0 Å². The van der Waals surface area contributed by atoms with Crippen molar-refractivity contribution in [2.45, 2.75) is 39.0 Å². The fourth-order valence-corrected chi connectivity index (χ4v) is 3.85. The van der Waals surface area contributed by atoms with Gasteiger partial charge in [-0.1, -0.05) is 23.8 Å². The summed E-state index contributed by atoms with van der Waals surface area (Å²) in [7, 11) is 0. The van der Waals surface area contributed by atoms with E-state index in [1.54, 1.807) is 6.07 Å². The van der Waals surface area contributed by atoms with Crippen molar-refractivity contribution in [3.05, 3.63) is 41.5 Å². The number of carbonyl (C=O) groups is 2. The lowest BCUT2D eigenvalue weighted by molar-refractivity contribution is 0.0527. The summed E-state index contributed by atoms with van der Waals surface area (Å²) in [5.41, 5.74) is 2.94. The third kappa shape index (κ3) is 5.27. The highest BCUT2D eigenvalue weighted by molar-refractivity contribution is 5.96. The van der Waals surface area contributed by atoms with Gasteiger partial charge in [0.15, 0.2) is 0 Å². The van der Waals surface area contributed by atoms with Gasteiger partial charge in [-0.2, -0.15) is 0 Å². The lowest BCUT2D eigenvalue weighted by atomic mass is 9.97. The van der Waals surface area contributed by atoms with Gasteiger partial charge in [0.05, 0.1) is 17.9 Å². The normalized spacial score (nSPS) is 17.1. The van der Waals surface area contributed by atoms with E-state index in [9.17, 15) is 9.59 Å². The number of carbonyl (C=O) groups excluding carboxylic acids is 2. The molecule has 0 aromatic heterocycles. The van der Waals surface area contributed by atoms with Crippen LogP contribution in [0.5, 0.6) is 0 Å². The van der Waals surface area contributed by atoms with Gasteiger partial charge in [-0.15, -0.1) is 0 Å². The Hall–Kier alpha value is -2.50. The number of hydrogen-bond donors (Lipinski definition) is 1. The average molecular weight is 386 g/mol. The van der Waals surface area contributed by atoms with Gasteiger partial charge in [0.1, 0.15) is 0 Å². The second-order valence-electron chi connectivity index (χ2n) is 7.30. The molecule has 1 aromatic rings. The zero-order valence-electron chi connectivity index (χ0n) is 16.8. The Morgan fingerprint density at radius 1 is 1.11 bits per heavy atom. The van der Waals surface area contributed by atoms with Crippen molar-refractivity contribution in [1.29, 1.82) is 0 Å². The van der Waals surface area contributed by atoms with Crippen molar-refractivity contribution >= 4 is 17.7 Å². The van der Waals surface area contributed by atoms with Gasteiger partial charge < -0.3 is 19.9 Å². The molecule has 1 N–H and O–H groups in total.